The molecule has 5 aromatic rings. The molecule has 0 saturated carbocycles. The molecule has 0 aliphatic heterocycles. The third kappa shape index (κ3) is 10.7. The van der Waals surface area contributed by atoms with Crippen LogP contribution in [0, 0.1) is 13.8 Å². The Morgan fingerprint density at radius 3 is 1.15 bits per heavy atom. The second kappa shape index (κ2) is 17.5. The normalized spacial score (nSPS) is 10.1. The molecule has 8 heteroatoms. The highest BCUT2D eigenvalue weighted by Gasteiger charge is 2.10. The molecule has 0 radical (unpaired) electrons. The Balaban J connectivity index is 0.00000154. The van der Waals surface area contributed by atoms with Gasteiger partial charge in [-0.2, -0.15) is 0 Å². The Kier molecular flexibility index (Phi) is 12.6. The largest absolute Gasteiger partial charge is 0.490 e. The van der Waals surface area contributed by atoms with E-state index in [9.17, 15) is 4.79 Å². The van der Waals surface area contributed by atoms with Crippen LogP contribution in [0.25, 0.3) is 11.1 Å². The van der Waals surface area contributed by atoms with Gasteiger partial charge in [-0.1, -0.05) is 59.7 Å². The number of rotatable bonds is 13. The topological polar surface area (TPSA) is 101 Å². The minimum Gasteiger partial charge on any atom is -0.490 e. The second-order valence-corrected chi connectivity index (χ2v) is 10.1. The number of carboxylic acid groups (broad SMARTS) is 1. The van der Waals surface area contributed by atoms with Gasteiger partial charge in [0.1, 0.15) is 55.2 Å². The molecule has 0 unspecified atom stereocenters. The number of carbonyl (C=O) groups excluding carboxylic acids is 1. The molecular weight excluding hydrogens is 584 g/mol. The number of hydrogen-bond acceptors (Lipinski definition) is 7. The third-order valence-electron chi connectivity index (χ3n) is 6.63. The van der Waals surface area contributed by atoms with Gasteiger partial charge < -0.3 is 28.8 Å². The smallest absolute Gasteiger partial charge is 0.343 e. The predicted octanol–water partition coefficient (Wildman–Crippen LogP) is 7.81. The van der Waals surface area contributed by atoms with Crippen molar-refractivity contribution in [3.8, 4) is 39.9 Å². The van der Waals surface area contributed by atoms with E-state index in [1.807, 2.05) is 98.8 Å². The summed E-state index contributed by atoms with van der Waals surface area (Å²) in [7, 11) is 0. The van der Waals surface area contributed by atoms with Gasteiger partial charge in [0.05, 0.1) is 5.56 Å². The highest BCUT2D eigenvalue weighted by molar-refractivity contribution is 5.91. The SMILES string of the molecule is Cc1ccc(OCCOc2ccc(OC(=O)c3ccc(-c4ccc(OCCOc5ccc(C)cc5)cc4)cc3)cc2)cc1.O=CO. The summed E-state index contributed by atoms with van der Waals surface area (Å²) < 4.78 is 28.5. The zero-order chi connectivity index (χ0) is 32.6. The van der Waals surface area contributed by atoms with Gasteiger partial charge in [0.15, 0.2) is 0 Å². The summed E-state index contributed by atoms with van der Waals surface area (Å²) in [5.74, 6) is 3.09. The number of esters is 1. The van der Waals surface area contributed by atoms with Crippen molar-refractivity contribution in [1.29, 1.82) is 0 Å². The van der Waals surface area contributed by atoms with E-state index < -0.39 is 5.97 Å². The third-order valence-corrected chi connectivity index (χ3v) is 6.63. The van der Waals surface area contributed by atoms with Gasteiger partial charge in [-0.15, -0.1) is 0 Å². The maximum Gasteiger partial charge on any atom is 0.343 e. The van der Waals surface area contributed by atoms with E-state index in [0.29, 0.717) is 43.5 Å². The highest BCUT2D eigenvalue weighted by Crippen LogP contribution is 2.24. The van der Waals surface area contributed by atoms with Gasteiger partial charge in [-0.05, 0) is 97.8 Å². The molecular formula is C38H36O8. The van der Waals surface area contributed by atoms with E-state index in [2.05, 4.69) is 0 Å². The van der Waals surface area contributed by atoms with Crippen molar-refractivity contribution in [1.82, 2.24) is 0 Å². The first-order valence-electron chi connectivity index (χ1n) is 14.7. The van der Waals surface area contributed by atoms with Crippen LogP contribution in [-0.4, -0.2) is 44.0 Å². The maximum absolute atomic E-state index is 12.7. The molecule has 0 saturated heterocycles. The zero-order valence-electron chi connectivity index (χ0n) is 25.8. The van der Waals surface area contributed by atoms with Gasteiger partial charge in [-0.3, -0.25) is 4.79 Å². The summed E-state index contributed by atoms with van der Waals surface area (Å²) in [6, 6.07) is 37.9. The fraction of sp³-hybridized carbons (Fsp3) is 0.158. The van der Waals surface area contributed by atoms with Gasteiger partial charge in [-0.25, -0.2) is 4.79 Å². The Hall–Kier alpha value is -5.76. The number of hydrogen-bond donors (Lipinski definition) is 1. The summed E-state index contributed by atoms with van der Waals surface area (Å²) in [5, 5.41) is 6.89. The number of carbonyl (C=O) groups is 2. The van der Waals surface area contributed by atoms with E-state index in [-0.39, 0.29) is 6.47 Å². The van der Waals surface area contributed by atoms with Crippen LogP contribution in [0.15, 0.2) is 121 Å². The average molecular weight is 621 g/mol. The molecule has 8 nitrogen and oxygen atoms in total. The zero-order valence-corrected chi connectivity index (χ0v) is 25.8. The molecule has 0 amide bonds. The number of benzene rings is 5. The Labute approximate surface area is 268 Å². The standard InChI is InChI=1S/C37H34O6.CH2O2/c1-27-3-13-32(14-4-27)39-23-25-41-34-17-11-30(12-18-34)29-7-9-31(10-8-29)37(38)43-36-21-19-35(20-22-36)42-26-24-40-33-15-5-28(2)6-16-33;2-1-3/h3-22H,23-26H2,1-2H3;1H,(H,2,3). The molecule has 0 fully saturated rings. The summed E-state index contributed by atoms with van der Waals surface area (Å²) in [4.78, 5) is 21.1. The molecule has 1 N–H and O–H groups in total. The van der Waals surface area contributed by atoms with Crippen LogP contribution in [0.2, 0.25) is 0 Å². The molecule has 236 valence electrons. The van der Waals surface area contributed by atoms with Crippen LogP contribution in [-0.2, 0) is 4.79 Å². The van der Waals surface area contributed by atoms with Crippen LogP contribution in [0.5, 0.6) is 28.7 Å². The van der Waals surface area contributed by atoms with Crippen LogP contribution in [0.3, 0.4) is 0 Å². The van der Waals surface area contributed by atoms with Gasteiger partial charge >= 0.3 is 5.97 Å². The van der Waals surface area contributed by atoms with Crippen molar-refractivity contribution in [2.75, 3.05) is 26.4 Å². The first-order chi connectivity index (χ1) is 22.4. The molecule has 0 aliphatic rings. The molecule has 46 heavy (non-hydrogen) atoms. The fourth-order valence-electron chi connectivity index (χ4n) is 4.22. The van der Waals surface area contributed by atoms with E-state index >= 15 is 0 Å². The van der Waals surface area contributed by atoms with Gasteiger partial charge in [0.2, 0.25) is 0 Å². The molecule has 0 aromatic heterocycles. The summed E-state index contributed by atoms with van der Waals surface area (Å²) in [6.45, 7) is 5.57. The number of aryl methyl sites for hydroxylation is 2. The van der Waals surface area contributed by atoms with Crippen molar-refractivity contribution < 1.29 is 38.4 Å². The quantitative estimate of drug-likeness (QED) is 0.0616. The van der Waals surface area contributed by atoms with Gasteiger partial charge in [0.25, 0.3) is 6.47 Å². The van der Waals surface area contributed by atoms with Crippen molar-refractivity contribution in [2.45, 2.75) is 13.8 Å². The van der Waals surface area contributed by atoms with Crippen molar-refractivity contribution in [3.63, 3.8) is 0 Å². The van der Waals surface area contributed by atoms with E-state index in [0.717, 1.165) is 28.4 Å². The van der Waals surface area contributed by atoms with Gasteiger partial charge in [0, 0.05) is 0 Å². The Bertz CT molecular complexity index is 1630. The summed E-state index contributed by atoms with van der Waals surface area (Å²) in [5.41, 5.74) is 4.85. The fourth-order valence-corrected chi connectivity index (χ4v) is 4.22. The van der Waals surface area contributed by atoms with E-state index in [4.69, 9.17) is 33.6 Å². The molecule has 5 rings (SSSR count). The molecule has 0 bridgehead atoms. The first kappa shape index (κ1) is 33.1. The van der Waals surface area contributed by atoms with Crippen LogP contribution in [0.1, 0.15) is 21.5 Å². The minimum absolute atomic E-state index is 0.250. The summed E-state index contributed by atoms with van der Waals surface area (Å²) in [6.07, 6.45) is 0. The number of ether oxygens (including phenoxy) is 5. The summed E-state index contributed by atoms with van der Waals surface area (Å²) >= 11 is 0. The van der Waals surface area contributed by atoms with Crippen LogP contribution in [0.4, 0.5) is 0 Å². The van der Waals surface area contributed by atoms with Crippen LogP contribution >= 0.6 is 0 Å². The maximum atomic E-state index is 12.7. The van der Waals surface area contributed by atoms with E-state index in [1.165, 1.54) is 11.1 Å². The lowest BCUT2D eigenvalue weighted by atomic mass is 10.0. The Morgan fingerprint density at radius 2 is 0.783 bits per heavy atom. The van der Waals surface area contributed by atoms with Crippen molar-refractivity contribution >= 4 is 12.4 Å². The molecule has 5 aromatic carbocycles. The lowest BCUT2D eigenvalue weighted by molar-refractivity contribution is -0.122. The highest BCUT2D eigenvalue weighted by atomic mass is 16.5. The predicted molar refractivity (Wildman–Crippen MR) is 176 cm³/mol. The first-order valence-corrected chi connectivity index (χ1v) is 14.7. The van der Waals surface area contributed by atoms with Crippen LogP contribution < -0.4 is 23.7 Å². The Morgan fingerprint density at radius 1 is 0.500 bits per heavy atom. The van der Waals surface area contributed by atoms with E-state index in [1.54, 1.807) is 36.4 Å². The lowest BCUT2D eigenvalue weighted by Crippen LogP contribution is -2.09. The molecule has 0 atom stereocenters. The monoisotopic (exact) mass is 620 g/mol. The second-order valence-electron chi connectivity index (χ2n) is 10.1. The molecule has 0 spiro atoms. The van der Waals surface area contributed by atoms with Crippen molar-refractivity contribution in [3.05, 3.63) is 138 Å². The molecule has 0 aliphatic carbocycles. The minimum atomic E-state index is -0.427. The lowest BCUT2D eigenvalue weighted by Gasteiger charge is -2.10. The molecule has 0 heterocycles. The average Bonchev–Trinajstić information content (AvgIpc) is 3.08. The van der Waals surface area contributed by atoms with Crippen molar-refractivity contribution in [2.24, 2.45) is 0 Å².